The second-order valence-electron chi connectivity index (χ2n) is 4.07. The zero-order valence-electron chi connectivity index (χ0n) is 11.1. The molecule has 0 aromatic heterocycles. The fourth-order valence-electron chi connectivity index (χ4n) is 1.55. The van der Waals surface area contributed by atoms with Crippen molar-refractivity contribution in [3.05, 3.63) is 35.6 Å². The van der Waals surface area contributed by atoms with Crippen molar-refractivity contribution in [1.29, 1.82) is 5.26 Å². The quantitative estimate of drug-likeness (QED) is 0.463. The van der Waals surface area contributed by atoms with Gasteiger partial charge in [-0.25, -0.2) is 4.39 Å². The third kappa shape index (κ3) is 4.44. The number of Topliss-reactive ketones (excluding diaryl/α,β-unsaturated/α-hetero) is 1. The summed E-state index contributed by atoms with van der Waals surface area (Å²) in [6, 6.07) is 6.39. The Labute approximate surface area is 116 Å². The summed E-state index contributed by atoms with van der Waals surface area (Å²) in [5.74, 6) is -3.21. The van der Waals surface area contributed by atoms with Crippen LogP contribution in [0.4, 0.5) is 4.39 Å². The predicted octanol–water partition coefficient (Wildman–Crippen LogP) is 1.30. The maximum Gasteiger partial charge on any atom is 0.245 e. The topological polar surface area (TPSA) is 79.2 Å². The molecule has 106 valence electrons. The van der Waals surface area contributed by atoms with Gasteiger partial charge in [0.2, 0.25) is 5.91 Å². The van der Waals surface area contributed by atoms with E-state index in [4.69, 9.17) is 10.00 Å². The van der Waals surface area contributed by atoms with Crippen molar-refractivity contribution in [2.75, 3.05) is 20.3 Å². The van der Waals surface area contributed by atoms with E-state index in [0.29, 0.717) is 19.6 Å². The third-order valence-electron chi connectivity index (χ3n) is 2.61. The molecule has 0 spiro atoms. The summed E-state index contributed by atoms with van der Waals surface area (Å²) >= 11 is 0. The van der Waals surface area contributed by atoms with Crippen LogP contribution in [-0.4, -0.2) is 32.0 Å². The van der Waals surface area contributed by atoms with Gasteiger partial charge in [0, 0.05) is 25.8 Å². The van der Waals surface area contributed by atoms with Crippen molar-refractivity contribution in [3.8, 4) is 6.07 Å². The Kier molecular flexibility index (Phi) is 6.33. The first kappa shape index (κ1) is 15.8. The van der Waals surface area contributed by atoms with Crippen LogP contribution in [0.2, 0.25) is 0 Å². The minimum absolute atomic E-state index is 0.130. The number of methoxy groups -OCH3 is 1. The molecule has 0 fully saturated rings. The van der Waals surface area contributed by atoms with E-state index < -0.39 is 23.4 Å². The zero-order valence-corrected chi connectivity index (χ0v) is 11.1. The Balaban J connectivity index is 2.65. The summed E-state index contributed by atoms with van der Waals surface area (Å²) in [5.41, 5.74) is 0.130. The molecule has 0 unspecified atom stereocenters. The van der Waals surface area contributed by atoms with Crippen LogP contribution in [0, 0.1) is 23.1 Å². The van der Waals surface area contributed by atoms with Crippen LogP contribution < -0.4 is 5.32 Å². The Hall–Kier alpha value is -2.26. The molecule has 0 aliphatic carbocycles. The number of amides is 1. The number of ether oxygens (including phenoxy) is 1. The van der Waals surface area contributed by atoms with Gasteiger partial charge in [-0.05, 0) is 30.7 Å². The van der Waals surface area contributed by atoms with Crippen LogP contribution in [0.3, 0.4) is 0 Å². The molecule has 1 atom stereocenters. The number of hydrogen-bond donors (Lipinski definition) is 1. The fourth-order valence-corrected chi connectivity index (χ4v) is 1.55. The molecule has 1 aromatic rings. The second kappa shape index (κ2) is 8.02. The number of ketones is 1. The highest BCUT2D eigenvalue weighted by Crippen LogP contribution is 2.10. The van der Waals surface area contributed by atoms with Gasteiger partial charge in [0.25, 0.3) is 0 Å². The van der Waals surface area contributed by atoms with E-state index >= 15 is 0 Å². The number of nitrogens with one attached hydrogen (secondary N) is 1. The normalized spacial score (nSPS) is 11.4. The first-order valence-electron chi connectivity index (χ1n) is 6.06. The third-order valence-corrected chi connectivity index (χ3v) is 2.61. The Morgan fingerprint density at radius 3 is 2.60 bits per heavy atom. The lowest BCUT2D eigenvalue weighted by atomic mass is 9.98. The maximum atomic E-state index is 12.8. The first-order chi connectivity index (χ1) is 9.60. The average Bonchev–Trinajstić information content (AvgIpc) is 2.45. The predicted molar refractivity (Wildman–Crippen MR) is 69.3 cm³/mol. The lowest BCUT2D eigenvalue weighted by molar-refractivity contribution is -0.122. The summed E-state index contributed by atoms with van der Waals surface area (Å²) in [5, 5.41) is 11.4. The van der Waals surface area contributed by atoms with Gasteiger partial charge in [0.1, 0.15) is 5.82 Å². The van der Waals surface area contributed by atoms with E-state index in [9.17, 15) is 14.0 Å². The molecule has 6 heteroatoms. The van der Waals surface area contributed by atoms with E-state index in [2.05, 4.69) is 5.32 Å². The number of nitrogens with zero attached hydrogens (tertiary/aromatic N) is 1. The van der Waals surface area contributed by atoms with Gasteiger partial charge in [0.15, 0.2) is 11.7 Å². The number of hydrogen-bond acceptors (Lipinski definition) is 4. The molecule has 1 rings (SSSR count). The van der Waals surface area contributed by atoms with Crippen molar-refractivity contribution < 1.29 is 18.7 Å². The van der Waals surface area contributed by atoms with Gasteiger partial charge < -0.3 is 10.1 Å². The lowest BCUT2D eigenvalue weighted by Gasteiger charge is -2.09. The molecule has 1 N–H and O–H groups in total. The minimum Gasteiger partial charge on any atom is -0.385 e. The summed E-state index contributed by atoms with van der Waals surface area (Å²) < 4.78 is 17.6. The molecule has 0 aliphatic heterocycles. The molecular weight excluding hydrogens is 263 g/mol. The molecule has 0 radical (unpaired) electrons. The maximum absolute atomic E-state index is 12.8. The van der Waals surface area contributed by atoms with E-state index in [1.165, 1.54) is 19.2 Å². The van der Waals surface area contributed by atoms with Gasteiger partial charge in [0.05, 0.1) is 6.07 Å². The van der Waals surface area contributed by atoms with Gasteiger partial charge in [-0.3, -0.25) is 9.59 Å². The highest BCUT2D eigenvalue weighted by Gasteiger charge is 2.27. The van der Waals surface area contributed by atoms with Gasteiger partial charge >= 0.3 is 0 Å². The number of carbonyl (C=O) groups is 2. The highest BCUT2D eigenvalue weighted by atomic mass is 19.1. The van der Waals surface area contributed by atoms with Crippen LogP contribution in [0.25, 0.3) is 0 Å². The Morgan fingerprint density at radius 1 is 1.40 bits per heavy atom. The molecule has 1 aromatic carbocycles. The Bertz CT molecular complexity index is 508. The second-order valence-corrected chi connectivity index (χ2v) is 4.07. The van der Waals surface area contributed by atoms with E-state index in [0.717, 1.165) is 12.1 Å². The van der Waals surface area contributed by atoms with Crippen LogP contribution >= 0.6 is 0 Å². The van der Waals surface area contributed by atoms with E-state index in [1.54, 1.807) is 6.07 Å². The molecule has 0 heterocycles. The molecule has 1 amide bonds. The molecule has 5 nitrogen and oxygen atoms in total. The standard InChI is InChI=1S/C14H15FN2O3/c1-20-8-2-7-17-14(19)12(9-16)13(18)10-3-5-11(15)6-4-10/h3-6,12H,2,7-8H2,1H3,(H,17,19)/t12-/m0/s1. The van der Waals surface area contributed by atoms with Crippen LogP contribution in [-0.2, 0) is 9.53 Å². The highest BCUT2D eigenvalue weighted by molar-refractivity contribution is 6.12. The van der Waals surface area contributed by atoms with Crippen molar-refractivity contribution >= 4 is 11.7 Å². The first-order valence-corrected chi connectivity index (χ1v) is 6.06. The summed E-state index contributed by atoms with van der Waals surface area (Å²) in [4.78, 5) is 23.7. The summed E-state index contributed by atoms with van der Waals surface area (Å²) in [7, 11) is 1.54. The van der Waals surface area contributed by atoms with E-state index in [-0.39, 0.29) is 5.56 Å². The number of benzene rings is 1. The van der Waals surface area contributed by atoms with Crippen LogP contribution in [0.15, 0.2) is 24.3 Å². The summed E-state index contributed by atoms with van der Waals surface area (Å²) in [6.45, 7) is 0.797. The summed E-state index contributed by atoms with van der Waals surface area (Å²) in [6.07, 6.45) is 0.588. The number of rotatable bonds is 7. The smallest absolute Gasteiger partial charge is 0.245 e. The fraction of sp³-hybridized carbons (Fsp3) is 0.357. The molecule has 20 heavy (non-hydrogen) atoms. The molecular formula is C14H15FN2O3. The van der Waals surface area contributed by atoms with Crippen molar-refractivity contribution in [3.63, 3.8) is 0 Å². The molecule has 0 aliphatic rings. The number of nitriles is 1. The van der Waals surface area contributed by atoms with Crippen molar-refractivity contribution in [2.24, 2.45) is 5.92 Å². The SMILES string of the molecule is COCCCNC(=O)[C@@H](C#N)C(=O)c1ccc(F)cc1. The van der Waals surface area contributed by atoms with Crippen LogP contribution in [0.1, 0.15) is 16.8 Å². The Morgan fingerprint density at radius 2 is 2.05 bits per heavy atom. The van der Waals surface area contributed by atoms with Gasteiger partial charge in [-0.15, -0.1) is 0 Å². The van der Waals surface area contributed by atoms with Crippen molar-refractivity contribution in [1.82, 2.24) is 5.32 Å². The molecule has 0 bridgehead atoms. The monoisotopic (exact) mass is 278 g/mol. The number of halogens is 1. The lowest BCUT2D eigenvalue weighted by Crippen LogP contribution is -2.35. The minimum atomic E-state index is -1.43. The van der Waals surface area contributed by atoms with Gasteiger partial charge in [-0.2, -0.15) is 5.26 Å². The van der Waals surface area contributed by atoms with Crippen molar-refractivity contribution in [2.45, 2.75) is 6.42 Å². The van der Waals surface area contributed by atoms with E-state index in [1.807, 2.05) is 0 Å². The zero-order chi connectivity index (χ0) is 15.0. The van der Waals surface area contributed by atoms with Gasteiger partial charge in [-0.1, -0.05) is 0 Å². The molecule has 0 saturated carbocycles. The largest absolute Gasteiger partial charge is 0.385 e. The molecule has 0 saturated heterocycles. The average molecular weight is 278 g/mol. The van der Waals surface area contributed by atoms with Crippen LogP contribution in [0.5, 0.6) is 0 Å². The number of carbonyl (C=O) groups excluding carboxylic acids is 2.